The van der Waals surface area contributed by atoms with Gasteiger partial charge < -0.3 is 20.0 Å². The van der Waals surface area contributed by atoms with E-state index in [1.165, 1.54) is 19.2 Å². The number of fused-ring (bicyclic) bond motifs is 1. The number of amidine groups is 1. The Morgan fingerprint density at radius 2 is 1.86 bits per heavy atom. The van der Waals surface area contributed by atoms with E-state index in [4.69, 9.17) is 5.41 Å². The fourth-order valence-electron chi connectivity index (χ4n) is 6.26. The van der Waals surface area contributed by atoms with Crippen LogP contribution in [0.3, 0.4) is 0 Å². The van der Waals surface area contributed by atoms with E-state index in [2.05, 4.69) is 36.4 Å². The van der Waals surface area contributed by atoms with E-state index in [-0.39, 0.29) is 23.6 Å². The van der Waals surface area contributed by atoms with Crippen molar-refractivity contribution in [3.8, 4) is 0 Å². The number of nitrogens with zero attached hydrogens (tertiary/aromatic N) is 6. The van der Waals surface area contributed by atoms with Gasteiger partial charge in [0, 0.05) is 74.6 Å². The lowest BCUT2D eigenvalue weighted by molar-refractivity contribution is -0.132. The number of aromatic amines is 1. The number of benzene rings is 2. The summed E-state index contributed by atoms with van der Waals surface area (Å²) < 4.78 is 0. The zero-order chi connectivity index (χ0) is 29.9. The van der Waals surface area contributed by atoms with Crippen LogP contribution in [0.4, 0.5) is 11.4 Å². The number of amides is 2. The minimum Gasteiger partial charge on any atom is -0.379 e. The van der Waals surface area contributed by atoms with Crippen LogP contribution in [-0.2, 0) is 9.59 Å². The first kappa shape index (κ1) is 28.9. The largest absolute Gasteiger partial charge is 0.379 e. The molecule has 3 aliphatic rings. The summed E-state index contributed by atoms with van der Waals surface area (Å²) in [5.41, 5.74) is 4.90. The third-order valence-electron chi connectivity index (χ3n) is 8.88. The average Bonchev–Trinajstić information content (AvgIpc) is 3.62. The lowest BCUT2D eigenvalue weighted by Crippen LogP contribution is -2.51. The predicted molar refractivity (Wildman–Crippen MR) is 170 cm³/mol. The van der Waals surface area contributed by atoms with Crippen molar-refractivity contribution in [3.63, 3.8) is 0 Å². The summed E-state index contributed by atoms with van der Waals surface area (Å²) in [6.07, 6.45) is 4.63. The van der Waals surface area contributed by atoms with Gasteiger partial charge in [-0.25, -0.2) is 4.99 Å². The van der Waals surface area contributed by atoms with Crippen molar-refractivity contribution < 1.29 is 9.59 Å². The number of rotatable bonds is 9. The number of hydrogen-bond donors (Lipinski definition) is 3. The number of hydrogen-bond acceptors (Lipinski definition) is 6. The van der Waals surface area contributed by atoms with E-state index < -0.39 is 0 Å². The number of carbonyl (C=O) groups is 2. The number of nitrogens with one attached hydrogen (secondary N) is 3. The maximum Gasteiger partial charge on any atom is 0.236 e. The molecule has 3 N–H and O–H groups in total. The van der Waals surface area contributed by atoms with Crippen molar-refractivity contribution in [2.45, 2.75) is 32.1 Å². The smallest absolute Gasteiger partial charge is 0.236 e. The zero-order valence-electron chi connectivity index (χ0n) is 25.1. The zero-order valence-corrected chi connectivity index (χ0v) is 25.1. The topological polar surface area (TPSA) is 124 Å². The quantitative estimate of drug-likeness (QED) is 0.263. The monoisotopic (exact) mass is 583 g/mol. The highest BCUT2D eigenvalue weighted by Crippen LogP contribution is 2.42. The first-order valence-corrected chi connectivity index (χ1v) is 15.4. The molecule has 1 aromatic heterocycles. The van der Waals surface area contributed by atoms with Gasteiger partial charge in [0.2, 0.25) is 11.8 Å². The maximum absolute atomic E-state index is 13.6. The minimum atomic E-state index is -0.110. The molecule has 11 heteroatoms. The number of carbonyl (C=O) groups excluding carboxylic acids is 2. The third kappa shape index (κ3) is 6.27. The van der Waals surface area contributed by atoms with Crippen LogP contribution in [0, 0.1) is 11.3 Å². The molecule has 2 amide bonds. The predicted octanol–water partition coefficient (Wildman–Crippen LogP) is 3.04. The normalized spacial score (nSPS) is 19.3. The van der Waals surface area contributed by atoms with Crippen LogP contribution in [0.5, 0.6) is 0 Å². The molecule has 2 saturated heterocycles. The molecule has 3 fully saturated rings. The van der Waals surface area contributed by atoms with Gasteiger partial charge in [0.05, 0.1) is 30.0 Å². The lowest BCUT2D eigenvalue weighted by atomic mass is 10.1. The molecule has 2 aliphatic heterocycles. The van der Waals surface area contributed by atoms with E-state index in [0.29, 0.717) is 38.6 Å². The molecule has 0 radical (unpaired) electrons. The van der Waals surface area contributed by atoms with Gasteiger partial charge >= 0.3 is 0 Å². The number of aliphatic imine (C=N–C) groups is 1. The Balaban J connectivity index is 0.997. The molecule has 226 valence electrons. The number of piperazine rings is 1. The van der Waals surface area contributed by atoms with Gasteiger partial charge in [0.15, 0.2) is 5.84 Å². The first-order valence-electron chi connectivity index (χ1n) is 15.4. The van der Waals surface area contributed by atoms with Crippen molar-refractivity contribution >= 4 is 46.3 Å². The van der Waals surface area contributed by atoms with Crippen molar-refractivity contribution in [2.75, 3.05) is 69.2 Å². The highest BCUT2D eigenvalue weighted by atomic mass is 16.2. The highest BCUT2D eigenvalue weighted by molar-refractivity contribution is 6.01. The molecule has 2 aromatic carbocycles. The summed E-state index contributed by atoms with van der Waals surface area (Å²) in [5, 5.41) is 19.6. The molecule has 1 aliphatic carbocycles. The summed E-state index contributed by atoms with van der Waals surface area (Å²) in [7, 11) is 1.75. The van der Waals surface area contributed by atoms with Crippen molar-refractivity contribution in [1.82, 2.24) is 25.3 Å². The lowest BCUT2D eigenvalue weighted by Gasteiger charge is -2.36. The third-order valence-corrected chi connectivity index (χ3v) is 8.88. The minimum absolute atomic E-state index is 0.110. The van der Waals surface area contributed by atoms with Gasteiger partial charge in [-0.15, -0.1) is 0 Å². The molecule has 11 nitrogen and oxygen atoms in total. The molecule has 1 atom stereocenters. The summed E-state index contributed by atoms with van der Waals surface area (Å²) in [5.74, 6) is 0.903. The van der Waals surface area contributed by atoms with Crippen LogP contribution in [0.15, 0.2) is 47.5 Å². The molecule has 1 unspecified atom stereocenters. The van der Waals surface area contributed by atoms with E-state index >= 15 is 0 Å². The number of H-pyrrole nitrogens is 1. The van der Waals surface area contributed by atoms with Gasteiger partial charge in [-0.2, -0.15) is 5.10 Å². The van der Waals surface area contributed by atoms with Gasteiger partial charge in [-0.1, -0.05) is 0 Å². The van der Waals surface area contributed by atoms with E-state index in [1.807, 2.05) is 53.1 Å². The molecule has 3 aromatic rings. The number of anilines is 2. The highest BCUT2D eigenvalue weighted by Gasteiger charge is 2.34. The van der Waals surface area contributed by atoms with E-state index in [1.54, 1.807) is 7.05 Å². The molecule has 1 saturated carbocycles. The second-order valence-corrected chi connectivity index (χ2v) is 11.7. The van der Waals surface area contributed by atoms with Crippen LogP contribution in [0.1, 0.15) is 43.4 Å². The van der Waals surface area contributed by atoms with Crippen molar-refractivity contribution in [2.24, 2.45) is 10.9 Å². The average molecular weight is 584 g/mol. The van der Waals surface area contributed by atoms with Gasteiger partial charge in [0.25, 0.3) is 0 Å². The Bertz CT molecular complexity index is 1500. The Labute approximate surface area is 252 Å². The van der Waals surface area contributed by atoms with Crippen molar-refractivity contribution in [1.29, 1.82) is 5.41 Å². The van der Waals surface area contributed by atoms with Gasteiger partial charge in [-0.3, -0.25) is 25.0 Å². The number of likely N-dealkylation sites (tertiary alicyclic amines) is 1. The fraction of sp³-hybridized carbons (Fsp3) is 0.469. The second kappa shape index (κ2) is 12.5. The van der Waals surface area contributed by atoms with Crippen LogP contribution in [0.25, 0.3) is 10.9 Å². The Hall–Kier alpha value is -4.25. The first-order chi connectivity index (χ1) is 20.9. The Morgan fingerprint density at radius 1 is 1.09 bits per heavy atom. The van der Waals surface area contributed by atoms with Crippen molar-refractivity contribution in [3.05, 3.63) is 53.7 Å². The Morgan fingerprint density at radius 3 is 2.56 bits per heavy atom. The SMILES string of the molecule is CCN(C(=O)C1CCN(CC(=O)N2CCN(c3ccc(C(=N)/N=C\NC)cc3)CC2)C1)c1ccc2[nH]nc(C3CC3)c2c1. The summed E-state index contributed by atoms with van der Waals surface area (Å²) in [6, 6.07) is 14.0. The summed E-state index contributed by atoms with van der Waals surface area (Å²) >= 11 is 0. The molecule has 0 bridgehead atoms. The molecule has 6 rings (SSSR count). The van der Waals surface area contributed by atoms with Crippen LogP contribution in [0.2, 0.25) is 0 Å². The standard InChI is InChI=1S/C32H41N9O2/c1-3-41(26-10-11-28-27(18-26)30(37-36-28)22-4-5-22)32(43)24-12-13-38(19-24)20-29(42)40-16-14-39(15-17-40)25-8-6-23(7-9-25)31(33)35-21-34-2/h6-11,18,21-22,24H,3-5,12-17,19-20H2,1-2H3,(H,36,37)(H2,33,34,35). The molecular formula is C32H41N9O2. The number of aromatic nitrogens is 2. The summed E-state index contributed by atoms with van der Waals surface area (Å²) in [4.78, 5) is 39.1. The van der Waals surface area contributed by atoms with E-state index in [0.717, 1.165) is 59.6 Å². The Kier molecular flexibility index (Phi) is 8.42. The van der Waals surface area contributed by atoms with Crippen LogP contribution >= 0.6 is 0 Å². The van der Waals surface area contributed by atoms with Gasteiger partial charge in [-0.05, 0) is 75.2 Å². The van der Waals surface area contributed by atoms with Crippen LogP contribution in [-0.4, -0.2) is 103 Å². The maximum atomic E-state index is 13.6. The van der Waals surface area contributed by atoms with Crippen LogP contribution < -0.4 is 15.1 Å². The molecule has 43 heavy (non-hydrogen) atoms. The second-order valence-electron chi connectivity index (χ2n) is 11.7. The van der Waals surface area contributed by atoms with Gasteiger partial charge in [0.1, 0.15) is 0 Å². The fourth-order valence-corrected chi connectivity index (χ4v) is 6.26. The molecule has 0 spiro atoms. The molecule has 3 heterocycles. The summed E-state index contributed by atoms with van der Waals surface area (Å²) in [6.45, 7) is 7.21. The van der Waals surface area contributed by atoms with E-state index in [9.17, 15) is 9.59 Å². The molecular weight excluding hydrogens is 542 g/mol.